The molecule has 2 aromatic rings. The molecule has 0 amide bonds. The highest BCUT2D eigenvalue weighted by atomic mass is 16.5. The lowest BCUT2D eigenvalue weighted by molar-refractivity contribution is 0.396. The first-order chi connectivity index (χ1) is 9.36. The van der Waals surface area contributed by atoms with Crippen LogP contribution in [0.3, 0.4) is 0 Å². The zero-order valence-electron chi connectivity index (χ0n) is 10.9. The molecule has 6 heteroatoms. The fraction of sp³-hybridized carbons (Fsp3) is 0.462. The van der Waals surface area contributed by atoms with Gasteiger partial charge in [0.25, 0.3) is 0 Å². The predicted octanol–water partition coefficient (Wildman–Crippen LogP) is 1.35. The number of nitrogens with zero attached hydrogens (tertiary/aromatic N) is 5. The van der Waals surface area contributed by atoms with Gasteiger partial charge in [0.1, 0.15) is 0 Å². The summed E-state index contributed by atoms with van der Waals surface area (Å²) in [5.74, 6) is 1.36. The summed E-state index contributed by atoms with van der Waals surface area (Å²) in [6, 6.07) is 2.19. The Balaban J connectivity index is 1.78. The quantitative estimate of drug-likeness (QED) is 0.829. The second kappa shape index (κ2) is 5.26. The van der Waals surface area contributed by atoms with Crippen LogP contribution in [0.25, 0.3) is 0 Å². The zero-order chi connectivity index (χ0) is 13.1. The topological polar surface area (TPSA) is 56.1 Å². The first-order valence-electron chi connectivity index (χ1n) is 6.46. The van der Waals surface area contributed by atoms with E-state index < -0.39 is 0 Å². The fourth-order valence-corrected chi connectivity index (χ4v) is 2.51. The molecule has 19 heavy (non-hydrogen) atoms. The third kappa shape index (κ3) is 2.52. The Morgan fingerprint density at radius 1 is 1.42 bits per heavy atom. The van der Waals surface area contributed by atoms with E-state index in [4.69, 9.17) is 4.74 Å². The third-order valence-corrected chi connectivity index (χ3v) is 3.44. The van der Waals surface area contributed by atoms with E-state index in [0.29, 0.717) is 11.9 Å². The number of ether oxygens (including phenoxy) is 1. The minimum Gasteiger partial charge on any atom is -0.481 e. The first kappa shape index (κ1) is 12.0. The minimum absolute atomic E-state index is 0.418. The zero-order valence-corrected chi connectivity index (χ0v) is 10.9. The standard InChI is InChI=1S/C13H17N5O/c1-19-12-4-5-15-13(16-12)18-7-2-3-11(18)9-17-8-6-14-10-17/h4-6,8,10-11H,2-3,7,9H2,1H3. The molecule has 0 radical (unpaired) electrons. The molecule has 6 nitrogen and oxygen atoms in total. The van der Waals surface area contributed by atoms with Crippen molar-refractivity contribution in [3.63, 3.8) is 0 Å². The van der Waals surface area contributed by atoms with E-state index in [0.717, 1.165) is 25.5 Å². The molecule has 1 atom stereocenters. The van der Waals surface area contributed by atoms with Crippen LogP contribution in [0.2, 0.25) is 0 Å². The smallest absolute Gasteiger partial charge is 0.228 e. The molecule has 0 aromatic carbocycles. The highest BCUT2D eigenvalue weighted by molar-refractivity contribution is 5.35. The van der Waals surface area contributed by atoms with Gasteiger partial charge in [-0.15, -0.1) is 0 Å². The molecule has 0 bridgehead atoms. The Labute approximate surface area is 112 Å². The maximum Gasteiger partial charge on any atom is 0.228 e. The number of imidazole rings is 1. The van der Waals surface area contributed by atoms with Gasteiger partial charge in [-0.1, -0.05) is 0 Å². The van der Waals surface area contributed by atoms with Gasteiger partial charge in [-0.3, -0.25) is 0 Å². The lowest BCUT2D eigenvalue weighted by atomic mass is 10.2. The molecule has 100 valence electrons. The van der Waals surface area contributed by atoms with Crippen LogP contribution in [-0.2, 0) is 6.54 Å². The van der Waals surface area contributed by atoms with Crippen LogP contribution in [0, 0.1) is 0 Å². The largest absolute Gasteiger partial charge is 0.481 e. The molecule has 0 N–H and O–H groups in total. The van der Waals surface area contributed by atoms with Gasteiger partial charge in [0, 0.05) is 43.8 Å². The van der Waals surface area contributed by atoms with Crippen molar-refractivity contribution in [1.29, 1.82) is 0 Å². The molecule has 1 fully saturated rings. The highest BCUT2D eigenvalue weighted by Crippen LogP contribution is 2.24. The Hall–Kier alpha value is -2.11. The van der Waals surface area contributed by atoms with Crippen LogP contribution in [0.4, 0.5) is 5.95 Å². The van der Waals surface area contributed by atoms with E-state index in [1.165, 1.54) is 6.42 Å². The number of hydrogen-bond acceptors (Lipinski definition) is 5. The normalized spacial score (nSPS) is 18.8. The molecule has 1 aliphatic heterocycles. The van der Waals surface area contributed by atoms with Crippen molar-refractivity contribution in [1.82, 2.24) is 19.5 Å². The molecule has 3 rings (SSSR count). The molecule has 0 aliphatic carbocycles. The first-order valence-corrected chi connectivity index (χ1v) is 6.46. The fourth-order valence-electron chi connectivity index (χ4n) is 2.51. The van der Waals surface area contributed by atoms with Crippen molar-refractivity contribution in [2.45, 2.75) is 25.4 Å². The molecule has 0 spiro atoms. The molecule has 1 saturated heterocycles. The maximum atomic E-state index is 5.16. The van der Waals surface area contributed by atoms with Gasteiger partial charge in [0.15, 0.2) is 0 Å². The summed E-state index contributed by atoms with van der Waals surface area (Å²) in [7, 11) is 1.62. The molecule has 1 aliphatic rings. The monoisotopic (exact) mass is 259 g/mol. The van der Waals surface area contributed by atoms with Gasteiger partial charge in [-0.25, -0.2) is 9.97 Å². The number of hydrogen-bond donors (Lipinski definition) is 0. The van der Waals surface area contributed by atoms with Crippen molar-refractivity contribution in [3.8, 4) is 5.88 Å². The van der Waals surface area contributed by atoms with E-state index in [2.05, 4.69) is 24.4 Å². The number of methoxy groups -OCH3 is 1. The van der Waals surface area contributed by atoms with Gasteiger partial charge in [-0.05, 0) is 12.8 Å². The Bertz CT molecular complexity index is 528. The third-order valence-electron chi connectivity index (χ3n) is 3.44. The molecule has 3 heterocycles. The van der Waals surface area contributed by atoms with Crippen LogP contribution in [0.5, 0.6) is 5.88 Å². The number of aromatic nitrogens is 4. The lowest BCUT2D eigenvalue weighted by Gasteiger charge is -2.24. The maximum absolute atomic E-state index is 5.16. The summed E-state index contributed by atoms with van der Waals surface area (Å²) < 4.78 is 7.26. The highest BCUT2D eigenvalue weighted by Gasteiger charge is 2.27. The van der Waals surface area contributed by atoms with Gasteiger partial charge in [-0.2, -0.15) is 4.98 Å². The Morgan fingerprint density at radius 2 is 2.37 bits per heavy atom. The van der Waals surface area contributed by atoms with Gasteiger partial charge in [0.2, 0.25) is 11.8 Å². The number of rotatable bonds is 4. The van der Waals surface area contributed by atoms with Crippen molar-refractivity contribution in [2.75, 3.05) is 18.6 Å². The van der Waals surface area contributed by atoms with Crippen molar-refractivity contribution >= 4 is 5.95 Å². The average Bonchev–Trinajstić information content (AvgIpc) is 3.11. The van der Waals surface area contributed by atoms with E-state index in [1.54, 1.807) is 25.6 Å². The summed E-state index contributed by atoms with van der Waals surface area (Å²) in [6.45, 7) is 1.91. The molecule has 1 unspecified atom stereocenters. The van der Waals surface area contributed by atoms with Gasteiger partial charge in [0.05, 0.1) is 13.4 Å². The van der Waals surface area contributed by atoms with Crippen LogP contribution in [0.15, 0.2) is 31.0 Å². The minimum atomic E-state index is 0.418. The predicted molar refractivity (Wildman–Crippen MR) is 71.2 cm³/mol. The molecule has 0 saturated carbocycles. The summed E-state index contributed by atoms with van der Waals surface area (Å²) in [5.41, 5.74) is 0. The van der Waals surface area contributed by atoms with E-state index >= 15 is 0 Å². The van der Waals surface area contributed by atoms with Gasteiger partial charge >= 0.3 is 0 Å². The van der Waals surface area contributed by atoms with Gasteiger partial charge < -0.3 is 14.2 Å². The average molecular weight is 259 g/mol. The van der Waals surface area contributed by atoms with E-state index in [1.807, 2.05) is 12.5 Å². The van der Waals surface area contributed by atoms with Crippen molar-refractivity contribution in [2.24, 2.45) is 0 Å². The Morgan fingerprint density at radius 3 is 3.16 bits per heavy atom. The van der Waals surface area contributed by atoms with Crippen LogP contribution < -0.4 is 9.64 Å². The van der Waals surface area contributed by atoms with Crippen LogP contribution in [0.1, 0.15) is 12.8 Å². The summed E-state index contributed by atoms with van der Waals surface area (Å²) in [4.78, 5) is 15.1. The van der Waals surface area contributed by atoms with E-state index in [9.17, 15) is 0 Å². The van der Waals surface area contributed by atoms with E-state index in [-0.39, 0.29) is 0 Å². The number of anilines is 1. The second-order valence-electron chi connectivity index (χ2n) is 4.65. The summed E-state index contributed by atoms with van der Waals surface area (Å²) >= 11 is 0. The molecule has 2 aromatic heterocycles. The van der Waals surface area contributed by atoms with Crippen molar-refractivity contribution < 1.29 is 4.74 Å². The van der Waals surface area contributed by atoms with Crippen LogP contribution >= 0.6 is 0 Å². The SMILES string of the molecule is COc1ccnc(N2CCCC2Cn2ccnc2)n1. The molecular formula is C13H17N5O. The van der Waals surface area contributed by atoms with Crippen LogP contribution in [-0.4, -0.2) is 39.2 Å². The lowest BCUT2D eigenvalue weighted by Crippen LogP contribution is -2.34. The summed E-state index contributed by atoms with van der Waals surface area (Å²) in [6.07, 6.45) is 9.71. The molecular weight excluding hydrogens is 242 g/mol. The summed E-state index contributed by atoms with van der Waals surface area (Å²) in [5, 5.41) is 0. The van der Waals surface area contributed by atoms with Crippen molar-refractivity contribution in [3.05, 3.63) is 31.0 Å². The second-order valence-corrected chi connectivity index (χ2v) is 4.65. The Kier molecular flexibility index (Phi) is 3.31.